The first-order valence-electron chi connectivity index (χ1n) is 7.56. The number of amides is 1. The Kier molecular flexibility index (Phi) is 5.72. The molecule has 0 aliphatic carbocycles. The molecule has 2 aromatic carbocycles. The van der Waals surface area contributed by atoms with Crippen molar-refractivity contribution in [1.29, 1.82) is 0 Å². The lowest BCUT2D eigenvalue weighted by Crippen LogP contribution is -2.40. The summed E-state index contributed by atoms with van der Waals surface area (Å²) in [6, 6.07) is 14.8. The molecule has 1 N–H and O–H groups in total. The van der Waals surface area contributed by atoms with Crippen LogP contribution >= 0.6 is 0 Å². The molecule has 2 rings (SSSR count). The van der Waals surface area contributed by atoms with E-state index < -0.39 is 32.9 Å². The zero-order chi connectivity index (χ0) is 17.7. The summed E-state index contributed by atoms with van der Waals surface area (Å²) in [5.74, 6) is -1.08. The largest absolute Gasteiger partial charge is 0.348 e. The van der Waals surface area contributed by atoms with Crippen LogP contribution in [0.1, 0.15) is 24.1 Å². The van der Waals surface area contributed by atoms with E-state index in [1.165, 1.54) is 13.0 Å². The first-order chi connectivity index (χ1) is 11.3. The van der Waals surface area contributed by atoms with E-state index >= 15 is 0 Å². The van der Waals surface area contributed by atoms with Gasteiger partial charge in [-0.25, -0.2) is 12.8 Å². The number of carbonyl (C=O) groups excluding carboxylic acids is 1. The molecule has 24 heavy (non-hydrogen) atoms. The number of benzene rings is 2. The van der Waals surface area contributed by atoms with Gasteiger partial charge in [-0.2, -0.15) is 0 Å². The Balaban J connectivity index is 2.30. The monoisotopic (exact) mass is 349 g/mol. The molecule has 2 unspecified atom stereocenters. The average molecular weight is 349 g/mol. The minimum absolute atomic E-state index is 0.329. The highest BCUT2D eigenvalue weighted by molar-refractivity contribution is 7.92. The van der Waals surface area contributed by atoms with Gasteiger partial charge in [0.1, 0.15) is 11.1 Å². The zero-order valence-electron chi connectivity index (χ0n) is 13.6. The molecule has 128 valence electrons. The highest BCUT2D eigenvalue weighted by atomic mass is 32.2. The van der Waals surface area contributed by atoms with Crippen LogP contribution in [0.5, 0.6) is 0 Å². The van der Waals surface area contributed by atoms with E-state index in [-0.39, 0.29) is 0 Å². The Morgan fingerprint density at radius 3 is 2.25 bits per heavy atom. The first kappa shape index (κ1) is 18.1. The molecular formula is C18H20FNO3S. The summed E-state index contributed by atoms with van der Waals surface area (Å²) < 4.78 is 37.3. The van der Waals surface area contributed by atoms with Gasteiger partial charge in [-0.3, -0.25) is 4.79 Å². The van der Waals surface area contributed by atoms with Gasteiger partial charge in [0.15, 0.2) is 9.84 Å². The number of hydrogen-bond donors (Lipinski definition) is 1. The fourth-order valence-corrected chi connectivity index (χ4v) is 2.79. The van der Waals surface area contributed by atoms with E-state index in [2.05, 4.69) is 5.32 Å². The molecule has 0 saturated heterocycles. The molecule has 0 heterocycles. The first-order valence-corrected chi connectivity index (χ1v) is 9.52. The van der Waals surface area contributed by atoms with Gasteiger partial charge < -0.3 is 5.32 Å². The molecule has 6 heteroatoms. The minimum Gasteiger partial charge on any atom is -0.348 e. The standard InChI is InChI=1S/C18H20FNO3S/c1-13(24(2,22)23)18(21)20-17(12-14-8-4-3-5-9-14)15-10-6-7-11-16(15)19/h3-11,13,17H,12H2,1-2H3,(H,20,21). The maximum Gasteiger partial charge on any atom is 0.238 e. The molecule has 0 bridgehead atoms. The van der Waals surface area contributed by atoms with Crippen molar-refractivity contribution in [3.8, 4) is 0 Å². The lowest BCUT2D eigenvalue weighted by Gasteiger charge is -2.22. The van der Waals surface area contributed by atoms with Gasteiger partial charge in [-0.05, 0) is 25.0 Å². The molecule has 0 spiro atoms. The quantitative estimate of drug-likeness (QED) is 0.872. The second kappa shape index (κ2) is 7.57. The van der Waals surface area contributed by atoms with E-state index in [4.69, 9.17) is 0 Å². The van der Waals surface area contributed by atoms with Crippen LogP contribution in [0.3, 0.4) is 0 Å². The maximum atomic E-state index is 14.2. The summed E-state index contributed by atoms with van der Waals surface area (Å²) in [4.78, 5) is 12.3. The SMILES string of the molecule is CC(C(=O)NC(Cc1ccccc1)c1ccccc1F)S(C)(=O)=O. The Morgan fingerprint density at radius 2 is 1.67 bits per heavy atom. The van der Waals surface area contributed by atoms with E-state index in [0.717, 1.165) is 11.8 Å². The number of rotatable bonds is 6. The lowest BCUT2D eigenvalue weighted by atomic mass is 9.98. The van der Waals surface area contributed by atoms with Crippen molar-refractivity contribution >= 4 is 15.7 Å². The maximum absolute atomic E-state index is 14.2. The summed E-state index contributed by atoms with van der Waals surface area (Å²) in [5, 5.41) is 1.48. The summed E-state index contributed by atoms with van der Waals surface area (Å²) in [6.45, 7) is 1.32. The lowest BCUT2D eigenvalue weighted by molar-refractivity contribution is -0.121. The predicted molar refractivity (Wildman–Crippen MR) is 91.7 cm³/mol. The van der Waals surface area contributed by atoms with Gasteiger partial charge in [-0.15, -0.1) is 0 Å². The molecule has 0 aromatic heterocycles. The zero-order valence-corrected chi connectivity index (χ0v) is 14.4. The van der Waals surface area contributed by atoms with Crippen LogP contribution < -0.4 is 5.32 Å². The fraction of sp³-hybridized carbons (Fsp3) is 0.278. The van der Waals surface area contributed by atoms with Crippen molar-refractivity contribution in [2.45, 2.75) is 24.6 Å². The summed E-state index contributed by atoms with van der Waals surface area (Å²) in [7, 11) is -3.52. The number of sulfone groups is 1. The third-order valence-electron chi connectivity index (χ3n) is 3.89. The van der Waals surface area contributed by atoms with E-state index in [9.17, 15) is 17.6 Å². The van der Waals surface area contributed by atoms with Gasteiger partial charge in [0.25, 0.3) is 0 Å². The smallest absolute Gasteiger partial charge is 0.238 e. The van der Waals surface area contributed by atoms with Crippen molar-refractivity contribution in [2.24, 2.45) is 0 Å². The predicted octanol–water partition coefficient (Wildman–Crippen LogP) is 2.66. The van der Waals surface area contributed by atoms with Crippen LogP contribution in [0.2, 0.25) is 0 Å². The van der Waals surface area contributed by atoms with Crippen molar-refractivity contribution in [1.82, 2.24) is 5.32 Å². The highest BCUT2D eigenvalue weighted by Crippen LogP contribution is 2.22. The molecule has 0 saturated carbocycles. The number of halogens is 1. The van der Waals surface area contributed by atoms with Crippen molar-refractivity contribution < 1.29 is 17.6 Å². The number of nitrogens with one attached hydrogen (secondary N) is 1. The molecule has 4 nitrogen and oxygen atoms in total. The van der Waals surface area contributed by atoms with Gasteiger partial charge in [-0.1, -0.05) is 48.5 Å². The van der Waals surface area contributed by atoms with Crippen molar-refractivity contribution in [3.05, 3.63) is 71.5 Å². The topological polar surface area (TPSA) is 63.2 Å². The van der Waals surface area contributed by atoms with Crippen LogP contribution in [0.25, 0.3) is 0 Å². The highest BCUT2D eigenvalue weighted by Gasteiger charge is 2.27. The van der Waals surface area contributed by atoms with Crippen LogP contribution in [0.4, 0.5) is 4.39 Å². The minimum atomic E-state index is -3.52. The summed E-state index contributed by atoms with van der Waals surface area (Å²) in [5.41, 5.74) is 1.24. The molecular weight excluding hydrogens is 329 g/mol. The molecule has 2 atom stereocenters. The van der Waals surface area contributed by atoms with Crippen molar-refractivity contribution in [3.63, 3.8) is 0 Å². The molecule has 0 aliphatic rings. The van der Waals surface area contributed by atoms with Crippen LogP contribution in [0, 0.1) is 5.82 Å². The Morgan fingerprint density at radius 1 is 1.08 bits per heavy atom. The molecule has 0 fully saturated rings. The number of hydrogen-bond acceptors (Lipinski definition) is 3. The Labute approximate surface area is 141 Å². The average Bonchev–Trinajstić information content (AvgIpc) is 2.54. The van der Waals surface area contributed by atoms with E-state index in [1.807, 2.05) is 30.3 Å². The van der Waals surface area contributed by atoms with Gasteiger partial charge in [0, 0.05) is 11.8 Å². The Hall–Kier alpha value is -2.21. The van der Waals surface area contributed by atoms with Crippen LogP contribution in [0.15, 0.2) is 54.6 Å². The van der Waals surface area contributed by atoms with E-state index in [1.54, 1.807) is 18.2 Å². The van der Waals surface area contributed by atoms with Crippen molar-refractivity contribution in [2.75, 3.05) is 6.26 Å². The van der Waals surface area contributed by atoms with Gasteiger partial charge in [0.2, 0.25) is 5.91 Å². The molecule has 2 aromatic rings. The van der Waals surface area contributed by atoms with Gasteiger partial charge >= 0.3 is 0 Å². The molecule has 0 radical (unpaired) electrons. The third-order valence-corrected chi connectivity index (χ3v) is 5.39. The normalized spacial score (nSPS) is 14.0. The molecule has 1 amide bonds. The second-order valence-corrected chi connectivity index (χ2v) is 8.11. The van der Waals surface area contributed by atoms with Crippen LogP contribution in [-0.4, -0.2) is 25.8 Å². The molecule has 0 aliphatic heterocycles. The summed E-state index contributed by atoms with van der Waals surface area (Å²) in [6.07, 6.45) is 1.37. The van der Waals surface area contributed by atoms with E-state index in [0.29, 0.717) is 12.0 Å². The Bertz CT molecular complexity index is 806. The number of carbonyl (C=O) groups is 1. The summed E-state index contributed by atoms with van der Waals surface area (Å²) >= 11 is 0. The fourth-order valence-electron chi connectivity index (χ4n) is 2.33. The van der Waals surface area contributed by atoms with Crippen LogP contribution in [-0.2, 0) is 21.1 Å². The van der Waals surface area contributed by atoms with Gasteiger partial charge in [0.05, 0.1) is 6.04 Å². The third kappa shape index (κ3) is 4.64. The second-order valence-electron chi connectivity index (χ2n) is 5.74.